The van der Waals surface area contributed by atoms with Gasteiger partial charge in [-0.1, -0.05) is 19.9 Å². The maximum Gasteiger partial charge on any atom is 0.123 e. The zero-order valence-corrected chi connectivity index (χ0v) is 9.84. The summed E-state index contributed by atoms with van der Waals surface area (Å²) in [5, 5.41) is 9.39. The number of hydrogen-bond acceptors (Lipinski definition) is 1. The van der Waals surface area contributed by atoms with Crippen molar-refractivity contribution in [2.75, 3.05) is 0 Å². The Morgan fingerprint density at radius 1 is 1.33 bits per heavy atom. The smallest absolute Gasteiger partial charge is 0.123 e. The van der Waals surface area contributed by atoms with Crippen LogP contribution in [0.25, 0.3) is 0 Å². The average Bonchev–Trinajstić information content (AvgIpc) is 1.99. The predicted octanol–water partition coefficient (Wildman–Crippen LogP) is 3.18. The zero-order chi connectivity index (χ0) is 11.6. The van der Waals surface area contributed by atoms with E-state index in [0.717, 1.165) is 11.1 Å². The van der Waals surface area contributed by atoms with Crippen LogP contribution >= 0.6 is 0 Å². The summed E-state index contributed by atoms with van der Waals surface area (Å²) in [6.45, 7) is 7.68. The SMILES string of the molecule is Cc1cc(F)cc(C(C)(C)CC(C)O)c1. The molecule has 0 bridgehead atoms. The molecule has 0 heterocycles. The van der Waals surface area contributed by atoms with Crippen molar-refractivity contribution in [3.8, 4) is 0 Å². The second-order valence-electron chi connectivity index (χ2n) is 4.95. The zero-order valence-electron chi connectivity index (χ0n) is 9.84. The van der Waals surface area contributed by atoms with E-state index in [-0.39, 0.29) is 17.3 Å². The van der Waals surface area contributed by atoms with Crippen molar-refractivity contribution < 1.29 is 9.50 Å². The van der Waals surface area contributed by atoms with Crippen LogP contribution in [0.15, 0.2) is 18.2 Å². The lowest BCUT2D eigenvalue weighted by Gasteiger charge is -2.27. The highest BCUT2D eigenvalue weighted by Gasteiger charge is 2.23. The maximum atomic E-state index is 13.2. The largest absolute Gasteiger partial charge is 0.393 e. The first-order valence-corrected chi connectivity index (χ1v) is 5.27. The summed E-state index contributed by atoms with van der Waals surface area (Å²) in [7, 11) is 0. The molecule has 0 aliphatic heterocycles. The number of rotatable bonds is 3. The summed E-state index contributed by atoms with van der Waals surface area (Å²) < 4.78 is 13.2. The van der Waals surface area contributed by atoms with E-state index in [2.05, 4.69) is 0 Å². The van der Waals surface area contributed by atoms with Crippen molar-refractivity contribution >= 4 is 0 Å². The third-order valence-corrected chi connectivity index (χ3v) is 2.63. The highest BCUT2D eigenvalue weighted by Crippen LogP contribution is 2.29. The minimum absolute atomic E-state index is 0.193. The van der Waals surface area contributed by atoms with E-state index in [1.165, 1.54) is 6.07 Å². The molecule has 0 amide bonds. The molecular weight excluding hydrogens is 191 g/mol. The van der Waals surface area contributed by atoms with E-state index in [0.29, 0.717) is 6.42 Å². The standard InChI is InChI=1S/C13H19FO/c1-9-5-11(7-12(14)6-9)13(3,4)8-10(2)15/h5-7,10,15H,8H2,1-4H3. The van der Waals surface area contributed by atoms with E-state index < -0.39 is 0 Å². The Bertz CT molecular complexity index is 322. The van der Waals surface area contributed by atoms with Crippen molar-refractivity contribution in [1.29, 1.82) is 0 Å². The molecule has 1 aromatic carbocycles. The number of benzene rings is 1. The molecular formula is C13H19FO. The van der Waals surface area contributed by atoms with Crippen LogP contribution in [0.5, 0.6) is 0 Å². The second kappa shape index (κ2) is 4.31. The van der Waals surface area contributed by atoms with Crippen molar-refractivity contribution in [3.63, 3.8) is 0 Å². The van der Waals surface area contributed by atoms with Crippen molar-refractivity contribution in [2.45, 2.75) is 45.6 Å². The van der Waals surface area contributed by atoms with Crippen molar-refractivity contribution in [3.05, 3.63) is 35.1 Å². The quantitative estimate of drug-likeness (QED) is 0.812. The maximum absolute atomic E-state index is 13.2. The Morgan fingerprint density at radius 3 is 2.40 bits per heavy atom. The fraction of sp³-hybridized carbons (Fsp3) is 0.538. The Kier molecular flexibility index (Phi) is 3.50. The first-order valence-electron chi connectivity index (χ1n) is 5.27. The van der Waals surface area contributed by atoms with Crippen LogP contribution in [-0.4, -0.2) is 11.2 Å². The lowest BCUT2D eigenvalue weighted by molar-refractivity contribution is 0.156. The molecule has 15 heavy (non-hydrogen) atoms. The number of aryl methyl sites for hydroxylation is 1. The van der Waals surface area contributed by atoms with Gasteiger partial charge in [-0.15, -0.1) is 0 Å². The summed E-state index contributed by atoms with van der Waals surface area (Å²) in [4.78, 5) is 0. The molecule has 0 aliphatic rings. The molecule has 0 spiro atoms. The van der Waals surface area contributed by atoms with E-state index in [1.807, 2.05) is 26.8 Å². The fourth-order valence-electron chi connectivity index (χ4n) is 1.98. The summed E-state index contributed by atoms with van der Waals surface area (Å²) in [5.74, 6) is -0.205. The van der Waals surface area contributed by atoms with Gasteiger partial charge < -0.3 is 5.11 Å². The van der Waals surface area contributed by atoms with Crippen LogP contribution in [0.1, 0.15) is 38.3 Å². The van der Waals surface area contributed by atoms with Gasteiger partial charge in [-0.25, -0.2) is 4.39 Å². The summed E-state index contributed by atoms with van der Waals surface area (Å²) >= 11 is 0. The molecule has 1 atom stereocenters. The average molecular weight is 210 g/mol. The first-order chi connectivity index (χ1) is 6.81. The van der Waals surface area contributed by atoms with E-state index in [4.69, 9.17) is 0 Å². The topological polar surface area (TPSA) is 20.2 Å². The Labute approximate surface area is 90.9 Å². The molecule has 0 aromatic heterocycles. The minimum Gasteiger partial charge on any atom is -0.393 e. The Morgan fingerprint density at radius 2 is 1.93 bits per heavy atom. The third-order valence-electron chi connectivity index (χ3n) is 2.63. The number of aliphatic hydroxyl groups is 1. The highest BCUT2D eigenvalue weighted by molar-refractivity contribution is 5.29. The van der Waals surface area contributed by atoms with Gasteiger partial charge in [0.25, 0.3) is 0 Å². The van der Waals surface area contributed by atoms with Crippen LogP contribution < -0.4 is 0 Å². The fourth-order valence-corrected chi connectivity index (χ4v) is 1.98. The third kappa shape index (κ3) is 3.31. The van der Waals surface area contributed by atoms with Gasteiger partial charge in [-0.2, -0.15) is 0 Å². The van der Waals surface area contributed by atoms with Gasteiger partial charge in [0.1, 0.15) is 5.82 Å². The molecule has 1 unspecified atom stereocenters. The van der Waals surface area contributed by atoms with Crippen molar-refractivity contribution in [1.82, 2.24) is 0 Å². The molecule has 0 fully saturated rings. The van der Waals surface area contributed by atoms with Gasteiger partial charge in [0.05, 0.1) is 6.10 Å². The number of halogens is 1. The van der Waals surface area contributed by atoms with Gasteiger partial charge in [-0.3, -0.25) is 0 Å². The molecule has 1 rings (SSSR count). The summed E-state index contributed by atoms with van der Waals surface area (Å²) in [6, 6.07) is 5.04. The van der Waals surface area contributed by atoms with E-state index >= 15 is 0 Å². The molecule has 0 aliphatic carbocycles. The van der Waals surface area contributed by atoms with Crippen LogP contribution in [-0.2, 0) is 5.41 Å². The van der Waals surface area contributed by atoms with Gasteiger partial charge in [0.2, 0.25) is 0 Å². The van der Waals surface area contributed by atoms with E-state index in [9.17, 15) is 9.50 Å². The molecule has 0 radical (unpaired) electrons. The van der Waals surface area contributed by atoms with Crippen LogP contribution in [0.4, 0.5) is 4.39 Å². The summed E-state index contributed by atoms with van der Waals surface area (Å²) in [5.41, 5.74) is 1.67. The lowest BCUT2D eigenvalue weighted by atomic mass is 9.79. The normalized spacial score (nSPS) is 14.0. The summed E-state index contributed by atoms with van der Waals surface area (Å²) in [6.07, 6.45) is 0.263. The van der Waals surface area contributed by atoms with Crippen LogP contribution in [0.3, 0.4) is 0 Å². The monoisotopic (exact) mass is 210 g/mol. The number of hydrogen-bond donors (Lipinski definition) is 1. The second-order valence-corrected chi connectivity index (χ2v) is 4.95. The molecule has 1 nitrogen and oxygen atoms in total. The highest BCUT2D eigenvalue weighted by atomic mass is 19.1. The predicted molar refractivity (Wildman–Crippen MR) is 60.5 cm³/mol. The molecule has 0 saturated heterocycles. The Balaban J connectivity index is 3.03. The number of aliphatic hydroxyl groups excluding tert-OH is 1. The first kappa shape index (κ1) is 12.2. The molecule has 1 N–H and O–H groups in total. The minimum atomic E-state index is -0.372. The lowest BCUT2D eigenvalue weighted by Crippen LogP contribution is -2.23. The van der Waals surface area contributed by atoms with Gasteiger partial charge in [-0.05, 0) is 48.9 Å². The van der Waals surface area contributed by atoms with Gasteiger partial charge in [0, 0.05) is 0 Å². The molecule has 84 valence electrons. The Hall–Kier alpha value is -0.890. The molecule has 0 saturated carbocycles. The van der Waals surface area contributed by atoms with E-state index in [1.54, 1.807) is 13.0 Å². The van der Waals surface area contributed by atoms with Gasteiger partial charge >= 0.3 is 0 Å². The molecule has 1 aromatic rings. The molecule has 2 heteroatoms. The van der Waals surface area contributed by atoms with Crippen LogP contribution in [0, 0.1) is 12.7 Å². The van der Waals surface area contributed by atoms with Gasteiger partial charge in [0.15, 0.2) is 0 Å². The van der Waals surface area contributed by atoms with Crippen LogP contribution in [0.2, 0.25) is 0 Å². The van der Waals surface area contributed by atoms with Crippen molar-refractivity contribution in [2.24, 2.45) is 0 Å².